The quantitative estimate of drug-likeness (QED) is 0.894. The molecule has 0 aromatic heterocycles. The van der Waals surface area contributed by atoms with Gasteiger partial charge in [0.15, 0.2) is 0 Å². The van der Waals surface area contributed by atoms with E-state index in [-0.39, 0.29) is 5.91 Å². The summed E-state index contributed by atoms with van der Waals surface area (Å²) >= 11 is 0. The Kier molecular flexibility index (Phi) is 5.60. The summed E-state index contributed by atoms with van der Waals surface area (Å²) in [5.74, 6) is 0.789. The van der Waals surface area contributed by atoms with Crippen molar-refractivity contribution in [1.82, 2.24) is 10.2 Å². The fourth-order valence-electron chi connectivity index (χ4n) is 2.81. The number of rotatable bonds is 5. The van der Waals surface area contributed by atoms with E-state index >= 15 is 0 Å². The minimum absolute atomic E-state index is 0.215. The number of likely N-dealkylation sites (tertiary alicyclic amines) is 1. The van der Waals surface area contributed by atoms with Crippen LogP contribution in [0.5, 0.6) is 0 Å². The highest BCUT2D eigenvalue weighted by Gasteiger charge is 2.19. The third kappa shape index (κ3) is 4.97. The van der Waals surface area contributed by atoms with Crippen molar-refractivity contribution in [2.45, 2.75) is 32.6 Å². The molecule has 2 rings (SSSR count). The first kappa shape index (κ1) is 15.0. The van der Waals surface area contributed by atoms with Crippen LogP contribution in [0.15, 0.2) is 24.3 Å². The van der Waals surface area contributed by atoms with Crippen LogP contribution < -0.4 is 5.32 Å². The van der Waals surface area contributed by atoms with Gasteiger partial charge in [0.2, 0.25) is 5.91 Å². The minimum Gasteiger partial charge on any atom is -0.356 e. The van der Waals surface area contributed by atoms with Crippen LogP contribution in [0.1, 0.15) is 30.4 Å². The molecule has 1 aliphatic heterocycles. The van der Waals surface area contributed by atoms with Crippen molar-refractivity contribution in [1.29, 1.82) is 0 Å². The molecule has 0 aliphatic carbocycles. The number of hydrogen-bond donors (Lipinski definition) is 1. The average molecular weight is 274 g/mol. The second kappa shape index (κ2) is 7.44. The molecule has 0 unspecified atom stereocenters. The summed E-state index contributed by atoms with van der Waals surface area (Å²) in [4.78, 5) is 14.3. The molecule has 3 heteroatoms. The van der Waals surface area contributed by atoms with Crippen molar-refractivity contribution < 1.29 is 4.79 Å². The van der Waals surface area contributed by atoms with E-state index in [1.807, 2.05) is 0 Å². The zero-order chi connectivity index (χ0) is 14.4. The Morgan fingerprint density at radius 2 is 2.10 bits per heavy atom. The number of piperidine rings is 1. The van der Waals surface area contributed by atoms with E-state index in [1.165, 1.54) is 11.1 Å². The zero-order valence-corrected chi connectivity index (χ0v) is 12.7. The van der Waals surface area contributed by atoms with Gasteiger partial charge in [-0.25, -0.2) is 0 Å². The smallest absolute Gasteiger partial charge is 0.220 e. The third-order valence-corrected chi connectivity index (χ3v) is 4.13. The van der Waals surface area contributed by atoms with E-state index in [4.69, 9.17) is 0 Å². The second-order valence-corrected chi connectivity index (χ2v) is 6.04. The molecule has 1 heterocycles. The lowest BCUT2D eigenvalue weighted by Gasteiger charge is -2.28. The van der Waals surface area contributed by atoms with Gasteiger partial charge < -0.3 is 10.2 Å². The summed E-state index contributed by atoms with van der Waals surface area (Å²) in [6.45, 7) is 5.10. The maximum atomic E-state index is 11.9. The standard InChI is InChI=1S/C17H26N2O/c1-14-4-3-5-15(12-14)6-9-18-17(20)13-16-7-10-19(2)11-8-16/h3-5,12,16H,6-11,13H2,1-2H3,(H,18,20). The Balaban J connectivity index is 1.65. The van der Waals surface area contributed by atoms with E-state index in [0.717, 1.165) is 38.9 Å². The molecule has 1 N–H and O–H groups in total. The highest BCUT2D eigenvalue weighted by Crippen LogP contribution is 2.19. The number of aryl methyl sites for hydroxylation is 1. The van der Waals surface area contributed by atoms with E-state index in [2.05, 4.69) is 48.5 Å². The van der Waals surface area contributed by atoms with E-state index in [0.29, 0.717) is 12.3 Å². The molecule has 0 radical (unpaired) electrons. The van der Waals surface area contributed by atoms with Crippen molar-refractivity contribution in [3.05, 3.63) is 35.4 Å². The highest BCUT2D eigenvalue weighted by molar-refractivity contribution is 5.76. The maximum Gasteiger partial charge on any atom is 0.220 e. The molecule has 0 bridgehead atoms. The molecule has 20 heavy (non-hydrogen) atoms. The number of hydrogen-bond acceptors (Lipinski definition) is 2. The molecule has 0 spiro atoms. The maximum absolute atomic E-state index is 11.9. The first-order valence-electron chi connectivity index (χ1n) is 7.64. The highest BCUT2D eigenvalue weighted by atomic mass is 16.1. The minimum atomic E-state index is 0.215. The Morgan fingerprint density at radius 3 is 2.80 bits per heavy atom. The molecule has 1 aliphatic rings. The van der Waals surface area contributed by atoms with Crippen LogP contribution in [0.2, 0.25) is 0 Å². The lowest BCUT2D eigenvalue weighted by atomic mass is 9.93. The van der Waals surface area contributed by atoms with Crippen molar-refractivity contribution >= 4 is 5.91 Å². The van der Waals surface area contributed by atoms with E-state index < -0.39 is 0 Å². The summed E-state index contributed by atoms with van der Waals surface area (Å²) in [7, 11) is 2.15. The van der Waals surface area contributed by atoms with Crippen LogP contribution in [0.4, 0.5) is 0 Å². The third-order valence-electron chi connectivity index (χ3n) is 4.13. The molecule has 1 amide bonds. The van der Waals surface area contributed by atoms with Crippen LogP contribution in [0.25, 0.3) is 0 Å². The van der Waals surface area contributed by atoms with Crippen molar-refractivity contribution in [2.24, 2.45) is 5.92 Å². The molecular formula is C17H26N2O. The molecule has 1 aromatic rings. The first-order chi connectivity index (χ1) is 9.63. The van der Waals surface area contributed by atoms with Crippen LogP contribution in [-0.4, -0.2) is 37.5 Å². The van der Waals surface area contributed by atoms with Crippen LogP contribution in [0, 0.1) is 12.8 Å². The molecule has 1 saturated heterocycles. The van der Waals surface area contributed by atoms with Gasteiger partial charge in [0.25, 0.3) is 0 Å². The van der Waals surface area contributed by atoms with Gasteiger partial charge in [-0.2, -0.15) is 0 Å². The lowest BCUT2D eigenvalue weighted by molar-refractivity contribution is -0.122. The summed E-state index contributed by atoms with van der Waals surface area (Å²) in [5, 5.41) is 3.06. The normalized spacial score (nSPS) is 17.1. The second-order valence-electron chi connectivity index (χ2n) is 6.04. The summed E-state index contributed by atoms with van der Waals surface area (Å²) in [6.07, 6.45) is 3.92. The van der Waals surface area contributed by atoms with Crippen molar-refractivity contribution in [2.75, 3.05) is 26.7 Å². The van der Waals surface area contributed by atoms with Gasteiger partial charge in [0, 0.05) is 13.0 Å². The topological polar surface area (TPSA) is 32.3 Å². The Bertz CT molecular complexity index is 436. The van der Waals surface area contributed by atoms with Gasteiger partial charge in [-0.3, -0.25) is 4.79 Å². The summed E-state index contributed by atoms with van der Waals surface area (Å²) < 4.78 is 0. The van der Waals surface area contributed by atoms with Crippen molar-refractivity contribution in [3.63, 3.8) is 0 Å². The predicted octanol–water partition coefficient (Wildman–Crippen LogP) is 2.39. The average Bonchev–Trinajstić information content (AvgIpc) is 2.41. The number of benzene rings is 1. The molecule has 1 fully saturated rings. The molecular weight excluding hydrogens is 248 g/mol. The molecule has 1 aromatic carbocycles. The summed E-state index contributed by atoms with van der Waals surface area (Å²) in [6, 6.07) is 8.48. The van der Waals surface area contributed by atoms with Crippen LogP contribution >= 0.6 is 0 Å². The zero-order valence-electron chi connectivity index (χ0n) is 12.7. The molecule has 3 nitrogen and oxygen atoms in total. The Labute approximate surface area is 122 Å². The van der Waals surface area contributed by atoms with Crippen molar-refractivity contribution in [3.8, 4) is 0 Å². The largest absolute Gasteiger partial charge is 0.356 e. The molecule has 0 atom stereocenters. The van der Waals surface area contributed by atoms with Gasteiger partial charge in [-0.1, -0.05) is 29.8 Å². The number of carbonyl (C=O) groups is 1. The number of nitrogens with one attached hydrogen (secondary N) is 1. The van der Waals surface area contributed by atoms with E-state index in [1.54, 1.807) is 0 Å². The monoisotopic (exact) mass is 274 g/mol. The fraction of sp³-hybridized carbons (Fsp3) is 0.588. The predicted molar refractivity (Wildman–Crippen MR) is 82.7 cm³/mol. The SMILES string of the molecule is Cc1cccc(CCNC(=O)CC2CCN(C)CC2)c1. The van der Waals surface area contributed by atoms with Crippen LogP contribution in [-0.2, 0) is 11.2 Å². The van der Waals surface area contributed by atoms with E-state index in [9.17, 15) is 4.79 Å². The van der Waals surface area contributed by atoms with Crippen LogP contribution in [0.3, 0.4) is 0 Å². The number of nitrogens with zero attached hydrogens (tertiary/aromatic N) is 1. The molecule has 0 saturated carbocycles. The Morgan fingerprint density at radius 1 is 1.35 bits per heavy atom. The van der Waals surface area contributed by atoms with Gasteiger partial charge in [0.1, 0.15) is 0 Å². The van der Waals surface area contributed by atoms with Gasteiger partial charge in [-0.05, 0) is 57.8 Å². The fourth-order valence-corrected chi connectivity index (χ4v) is 2.81. The Hall–Kier alpha value is -1.35. The first-order valence-corrected chi connectivity index (χ1v) is 7.64. The summed E-state index contributed by atoms with van der Waals surface area (Å²) in [5.41, 5.74) is 2.57. The molecule has 110 valence electrons. The number of amides is 1. The van der Waals surface area contributed by atoms with Gasteiger partial charge >= 0.3 is 0 Å². The van der Waals surface area contributed by atoms with Gasteiger partial charge in [-0.15, -0.1) is 0 Å². The lowest BCUT2D eigenvalue weighted by Crippen LogP contribution is -2.34. The number of carbonyl (C=O) groups excluding carboxylic acids is 1. The van der Waals surface area contributed by atoms with Gasteiger partial charge in [0.05, 0.1) is 0 Å².